The third kappa shape index (κ3) is 1.98. The predicted octanol–water partition coefficient (Wildman–Crippen LogP) is 3.49. The van der Waals surface area contributed by atoms with Crippen molar-refractivity contribution in [2.45, 2.75) is 44.8 Å². The zero-order valence-electron chi connectivity index (χ0n) is 9.21. The van der Waals surface area contributed by atoms with Gasteiger partial charge in [-0.2, -0.15) is 0 Å². The van der Waals surface area contributed by atoms with Crippen molar-refractivity contribution in [2.24, 2.45) is 0 Å². The van der Waals surface area contributed by atoms with Gasteiger partial charge in [0.05, 0.1) is 11.2 Å². The lowest BCUT2D eigenvalue weighted by molar-refractivity contribution is -0.0797. The standard InChI is InChI=1S/C13H18O/c1-12(2,3)14-13(9-10-13)11-7-5-4-6-8-11/h4-8H,9-10H2,1-3H3. The molecule has 2 rings (SSSR count). The quantitative estimate of drug-likeness (QED) is 0.693. The predicted molar refractivity (Wildman–Crippen MR) is 58.2 cm³/mol. The Labute approximate surface area is 86.1 Å². The van der Waals surface area contributed by atoms with Crippen molar-refractivity contribution in [3.05, 3.63) is 35.9 Å². The van der Waals surface area contributed by atoms with Crippen LogP contribution >= 0.6 is 0 Å². The summed E-state index contributed by atoms with van der Waals surface area (Å²) < 4.78 is 6.12. The molecular weight excluding hydrogens is 172 g/mol. The summed E-state index contributed by atoms with van der Waals surface area (Å²) in [6.07, 6.45) is 2.32. The van der Waals surface area contributed by atoms with Crippen LogP contribution in [0.5, 0.6) is 0 Å². The monoisotopic (exact) mass is 190 g/mol. The van der Waals surface area contributed by atoms with Crippen LogP contribution in [0.2, 0.25) is 0 Å². The van der Waals surface area contributed by atoms with Crippen LogP contribution in [0.4, 0.5) is 0 Å². The molecule has 0 unspecified atom stereocenters. The van der Waals surface area contributed by atoms with Crippen molar-refractivity contribution in [2.75, 3.05) is 0 Å². The molecule has 76 valence electrons. The molecule has 1 saturated carbocycles. The van der Waals surface area contributed by atoms with Gasteiger partial charge in [-0.25, -0.2) is 0 Å². The van der Waals surface area contributed by atoms with Crippen LogP contribution in [0.25, 0.3) is 0 Å². The summed E-state index contributed by atoms with van der Waals surface area (Å²) in [4.78, 5) is 0. The van der Waals surface area contributed by atoms with Crippen LogP contribution < -0.4 is 0 Å². The molecular formula is C13H18O. The van der Waals surface area contributed by atoms with Gasteiger partial charge >= 0.3 is 0 Å². The van der Waals surface area contributed by atoms with Crippen LogP contribution in [-0.2, 0) is 10.3 Å². The van der Waals surface area contributed by atoms with Gasteiger partial charge in [0, 0.05) is 0 Å². The maximum Gasteiger partial charge on any atom is 0.0940 e. The third-order valence-corrected chi connectivity index (χ3v) is 2.51. The Hall–Kier alpha value is -0.820. The molecule has 0 radical (unpaired) electrons. The number of hydrogen-bond donors (Lipinski definition) is 0. The summed E-state index contributed by atoms with van der Waals surface area (Å²) >= 11 is 0. The fraction of sp³-hybridized carbons (Fsp3) is 0.538. The molecule has 1 aliphatic rings. The van der Waals surface area contributed by atoms with Gasteiger partial charge in [-0.05, 0) is 39.2 Å². The van der Waals surface area contributed by atoms with E-state index in [9.17, 15) is 0 Å². The number of rotatable bonds is 2. The zero-order chi connectivity index (χ0) is 10.2. The lowest BCUT2D eigenvalue weighted by Gasteiger charge is -2.27. The van der Waals surface area contributed by atoms with Crippen molar-refractivity contribution >= 4 is 0 Å². The van der Waals surface area contributed by atoms with E-state index in [1.165, 1.54) is 5.56 Å². The van der Waals surface area contributed by atoms with E-state index in [2.05, 4.69) is 51.1 Å². The average Bonchev–Trinajstić information content (AvgIpc) is 2.85. The Morgan fingerprint density at radius 3 is 2.07 bits per heavy atom. The van der Waals surface area contributed by atoms with E-state index in [1.54, 1.807) is 0 Å². The molecule has 0 atom stereocenters. The molecule has 1 aliphatic carbocycles. The minimum atomic E-state index is -0.0493. The molecule has 0 amide bonds. The number of hydrogen-bond acceptors (Lipinski definition) is 1. The molecule has 1 nitrogen and oxygen atoms in total. The van der Waals surface area contributed by atoms with E-state index in [0.717, 1.165) is 12.8 Å². The molecule has 0 saturated heterocycles. The molecule has 1 aromatic carbocycles. The first-order chi connectivity index (χ1) is 6.52. The van der Waals surface area contributed by atoms with Crippen LogP contribution in [0.3, 0.4) is 0 Å². The summed E-state index contributed by atoms with van der Waals surface area (Å²) in [5.41, 5.74) is 1.31. The molecule has 0 heterocycles. The molecule has 1 aromatic rings. The first-order valence-corrected chi connectivity index (χ1v) is 5.28. The van der Waals surface area contributed by atoms with Gasteiger partial charge in [0.25, 0.3) is 0 Å². The molecule has 0 aliphatic heterocycles. The summed E-state index contributed by atoms with van der Waals surface area (Å²) in [5.74, 6) is 0. The van der Waals surface area contributed by atoms with Gasteiger partial charge in [-0.1, -0.05) is 30.3 Å². The highest BCUT2D eigenvalue weighted by molar-refractivity contribution is 5.27. The third-order valence-electron chi connectivity index (χ3n) is 2.51. The summed E-state index contributed by atoms with van der Waals surface area (Å²) in [7, 11) is 0. The summed E-state index contributed by atoms with van der Waals surface area (Å²) in [6.45, 7) is 6.36. The van der Waals surface area contributed by atoms with Gasteiger partial charge in [0.1, 0.15) is 0 Å². The van der Waals surface area contributed by atoms with E-state index in [4.69, 9.17) is 4.74 Å². The van der Waals surface area contributed by atoms with Crippen molar-refractivity contribution in [3.63, 3.8) is 0 Å². The number of benzene rings is 1. The highest BCUT2D eigenvalue weighted by Crippen LogP contribution is 2.51. The lowest BCUT2D eigenvalue weighted by atomic mass is 10.1. The Morgan fingerprint density at radius 2 is 1.64 bits per heavy atom. The Kier molecular flexibility index (Phi) is 2.15. The maximum absolute atomic E-state index is 6.12. The van der Waals surface area contributed by atoms with Gasteiger partial charge < -0.3 is 4.74 Å². The van der Waals surface area contributed by atoms with E-state index in [-0.39, 0.29) is 11.2 Å². The van der Waals surface area contributed by atoms with Crippen LogP contribution in [0, 0.1) is 0 Å². The van der Waals surface area contributed by atoms with E-state index < -0.39 is 0 Å². The summed E-state index contributed by atoms with van der Waals surface area (Å²) in [6, 6.07) is 10.6. The van der Waals surface area contributed by atoms with E-state index in [0.29, 0.717) is 0 Å². The Morgan fingerprint density at radius 1 is 1.07 bits per heavy atom. The van der Waals surface area contributed by atoms with Crippen molar-refractivity contribution in [1.82, 2.24) is 0 Å². The van der Waals surface area contributed by atoms with Crippen molar-refractivity contribution in [1.29, 1.82) is 0 Å². The van der Waals surface area contributed by atoms with Gasteiger partial charge in [-0.15, -0.1) is 0 Å². The smallest absolute Gasteiger partial charge is 0.0940 e. The normalized spacial score (nSPS) is 19.4. The fourth-order valence-electron chi connectivity index (χ4n) is 1.89. The highest BCUT2D eigenvalue weighted by atomic mass is 16.5. The van der Waals surface area contributed by atoms with Crippen LogP contribution in [0.15, 0.2) is 30.3 Å². The van der Waals surface area contributed by atoms with Crippen LogP contribution in [-0.4, -0.2) is 5.60 Å². The zero-order valence-corrected chi connectivity index (χ0v) is 9.21. The first kappa shape index (κ1) is 9.72. The molecule has 0 aromatic heterocycles. The molecule has 1 heteroatoms. The molecule has 1 fully saturated rings. The fourth-order valence-corrected chi connectivity index (χ4v) is 1.89. The summed E-state index contributed by atoms with van der Waals surface area (Å²) in [5, 5.41) is 0. The largest absolute Gasteiger partial charge is 0.365 e. The minimum Gasteiger partial charge on any atom is -0.365 e. The second-order valence-corrected chi connectivity index (χ2v) is 5.07. The molecule has 0 bridgehead atoms. The van der Waals surface area contributed by atoms with Crippen molar-refractivity contribution < 1.29 is 4.74 Å². The van der Waals surface area contributed by atoms with Gasteiger partial charge in [0.2, 0.25) is 0 Å². The molecule has 0 spiro atoms. The number of ether oxygens (including phenoxy) is 1. The van der Waals surface area contributed by atoms with Crippen molar-refractivity contribution in [3.8, 4) is 0 Å². The first-order valence-electron chi connectivity index (χ1n) is 5.28. The lowest BCUT2D eigenvalue weighted by Crippen LogP contribution is -2.27. The topological polar surface area (TPSA) is 9.23 Å². The minimum absolute atomic E-state index is 0.0273. The SMILES string of the molecule is CC(C)(C)OC1(c2ccccc2)CC1. The van der Waals surface area contributed by atoms with Gasteiger partial charge in [-0.3, -0.25) is 0 Å². The van der Waals surface area contributed by atoms with Gasteiger partial charge in [0.15, 0.2) is 0 Å². The van der Waals surface area contributed by atoms with E-state index in [1.807, 2.05) is 0 Å². The second kappa shape index (κ2) is 3.09. The Bertz CT molecular complexity index is 304. The molecule has 14 heavy (non-hydrogen) atoms. The van der Waals surface area contributed by atoms with E-state index >= 15 is 0 Å². The maximum atomic E-state index is 6.12. The highest BCUT2D eigenvalue weighted by Gasteiger charge is 2.47. The second-order valence-electron chi connectivity index (χ2n) is 5.07. The Balaban J connectivity index is 2.18. The average molecular weight is 190 g/mol. The molecule has 0 N–H and O–H groups in total. The van der Waals surface area contributed by atoms with Crippen LogP contribution in [0.1, 0.15) is 39.2 Å².